The van der Waals surface area contributed by atoms with Gasteiger partial charge in [0.05, 0.1) is 6.61 Å². The molecule has 0 saturated carbocycles. The SMILES string of the molecule is COCc1cccc(NCc2cc3c(cc2O)OCO3)c1. The number of hydrogen-bond donors (Lipinski definition) is 2. The molecule has 0 bridgehead atoms. The fourth-order valence-electron chi connectivity index (χ4n) is 2.25. The van der Waals surface area contributed by atoms with Crippen LogP contribution in [-0.2, 0) is 17.9 Å². The predicted molar refractivity (Wildman–Crippen MR) is 78.7 cm³/mol. The van der Waals surface area contributed by atoms with Crippen molar-refractivity contribution in [1.29, 1.82) is 0 Å². The number of phenols is 1. The third kappa shape index (κ3) is 3.03. The van der Waals surface area contributed by atoms with Crippen LogP contribution in [-0.4, -0.2) is 19.0 Å². The molecule has 0 aliphatic carbocycles. The molecule has 0 aromatic heterocycles. The Balaban J connectivity index is 1.71. The first-order valence-corrected chi connectivity index (χ1v) is 6.69. The zero-order valence-corrected chi connectivity index (χ0v) is 11.8. The van der Waals surface area contributed by atoms with E-state index in [1.165, 1.54) is 0 Å². The molecule has 0 unspecified atom stereocenters. The van der Waals surface area contributed by atoms with Gasteiger partial charge in [-0.1, -0.05) is 12.1 Å². The molecule has 110 valence electrons. The molecular weight excluding hydrogens is 270 g/mol. The fourth-order valence-corrected chi connectivity index (χ4v) is 2.25. The minimum Gasteiger partial charge on any atom is -0.507 e. The third-order valence-electron chi connectivity index (χ3n) is 3.29. The summed E-state index contributed by atoms with van der Waals surface area (Å²) in [6.07, 6.45) is 0. The van der Waals surface area contributed by atoms with E-state index in [1.54, 1.807) is 19.2 Å². The van der Waals surface area contributed by atoms with Crippen molar-refractivity contribution in [2.24, 2.45) is 0 Å². The number of rotatable bonds is 5. The van der Waals surface area contributed by atoms with Crippen LogP contribution in [0.4, 0.5) is 5.69 Å². The van der Waals surface area contributed by atoms with Gasteiger partial charge in [-0.15, -0.1) is 0 Å². The van der Waals surface area contributed by atoms with Crippen LogP contribution in [0.5, 0.6) is 17.2 Å². The average molecular weight is 287 g/mol. The summed E-state index contributed by atoms with van der Waals surface area (Å²) in [4.78, 5) is 0. The van der Waals surface area contributed by atoms with Crippen LogP contribution < -0.4 is 14.8 Å². The van der Waals surface area contributed by atoms with Gasteiger partial charge in [0.25, 0.3) is 0 Å². The van der Waals surface area contributed by atoms with Crippen molar-refractivity contribution in [3.05, 3.63) is 47.5 Å². The molecule has 1 heterocycles. The van der Waals surface area contributed by atoms with Crippen LogP contribution in [0.1, 0.15) is 11.1 Å². The number of methoxy groups -OCH3 is 1. The van der Waals surface area contributed by atoms with E-state index < -0.39 is 0 Å². The lowest BCUT2D eigenvalue weighted by atomic mass is 10.1. The second kappa shape index (κ2) is 5.93. The normalized spacial score (nSPS) is 12.4. The highest BCUT2D eigenvalue weighted by Gasteiger charge is 2.16. The topological polar surface area (TPSA) is 60.0 Å². The molecule has 0 atom stereocenters. The Bertz CT molecular complexity index is 642. The zero-order chi connectivity index (χ0) is 14.7. The summed E-state index contributed by atoms with van der Waals surface area (Å²) >= 11 is 0. The van der Waals surface area contributed by atoms with Crippen molar-refractivity contribution in [2.75, 3.05) is 19.2 Å². The molecule has 1 aliphatic rings. The second-order valence-electron chi connectivity index (χ2n) is 4.82. The Kier molecular flexibility index (Phi) is 3.83. The summed E-state index contributed by atoms with van der Waals surface area (Å²) in [6, 6.07) is 11.4. The largest absolute Gasteiger partial charge is 0.507 e. The van der Waals surface area contributed by atoms with Gasteiger partial charge in [-0.25, -0.2) is 0 Å². The first kappa shape index (κ1) is 13.6. The van der Waals surface area contributed by atoms with Crippen molar-refractivity contribution in [3.63, 3.8) is 0 Å². The van der Waals surface area contributed by atoms with Crippen LogP contribution in [0.15, 0.2) is 36.4 Å². The van der Waals surface area contributed by atoms with E-state index in [-0.39, 0.29) is 12.5 Å². The molecule has 0 radical (unpaired) electrons. The molecule has 0 spiro atoms. The number of hydrogen-bond acceptors (Lipinski definition) is 5. The summed E-state index contributed by atoms with van der Waals surface area (Å²) in [5.41, 5.74) is 2.83. The fraction of sp³-hybridized carbons (Fsp3) is 0.250. The maximum atomic E-state index is 10.00. The summed E-state index contributed by atoms with van der Waals surface area (Å²) in [6.45, 7) is 1.27. The van der Waals surface area contributed by atoms with Gasteiger partial charge >= 0.3 is 0 Å². The van der Waals surface area contributed by atoms with Crippen molar-refractivity contribution < 1.29 is 19.3 Å². The number of anilines is 1. The van der Waals surface area contributed by atoms with Gasteiger partial charge in [-0.05, 0) is 23.8 Å². The second-order valence-corrected chi connectivity index (χ2v) is 4.82. The average Bonchev–Trinajstić information content (AvgIpc) is 2.92. The molecule has 5 nitrogen and oxygen atoms in total. The van der Waals surface area contributed by atoms with E-state index in [1.807, 2.05) is 24.3 Å². The number of benzene rings is 2. The van der Waals surface area contributed by atoms with Crippen LogP contribution >= 0.6 is 0 Å². The highest BCUT2D eigenvalue weighted by molar-refractivity contribution is 5.53. The Labute approximate surface area is 123 Å². The lowest BCUT2D eigenvalue weighted by Gasteiger charge is -2.10. The Morgan fingerprint density at radius 1 is 1.19 bits per heavy atom. The van der Waals surface area contributed by atoms with Crippen molar-refractivity contribution >= 4 is 5.69 Å². The number of fused-ring (bicyclic) bond motifs is 1. The standard InChI is InChI=1S/C16H17NO4/c1-19-9-11-3-2-4-13(5-11)17-8-12-6-15-16(7-14(12)18)21-10-20-15/h2-7,17-18H,8-10H2,1H3. The Morgan fingerprint density at radius 3 is 2.81 bits per heavy atom. The Hall–Kier alpha value is -2.40. The van der Waals surface area contributed by atoms with Gasteiger partial charge < -0.3 is 24.6 Å². The smallest absolute Gasteiger partial charge is 0.231 e. The zero-order valence-electron chi connectivity index (χ0n) is 11.8. The van der Waals surface area contributed by atoms with E-state index in [0.29, 0.717) is 24.7 Å². The molecule has 2 N–H and O–H groups in total. The highest BCUT2D eigenvalue weighted by Crippen LogP contribution is 2.37. The first-order valence-electron chi connectivity index (χ1n) is 6.69. The van der Waals surface area contributed by atoms with E-state index in [0.717, 1.165) is 16.8 Å². The van der Waals surface area contributed by atoms with E-state index in [2.05, 4.69) is 5.32 Å². The minimum atomic E-state index is 0.194. The quantitative estimate of drug-likeness (QED) is 0.885. The molecule has 3 rings (SSSR count). The molecule has 2 aromatic rings. The van der Waals surface area contributed by atoms with Crippen LogP contribution in [0, 0.1) is 0 Å². The summed E-state index contributed by atoms with van der Waals surface area (Å²) in [5.74, 6) is 1.44. The molecule has 0 saturated heterocycles. The van der Waals surface area contributed by atoms with Gasteiger partial charge in [0.2, 0.25) is 6.79 Å². The van der Waals surface area contributed by atoms with Crippen molar-refractivity contribution in [3.8, 4) is 17.2 Å². The summed E-state index contributed by atoms with van der Waals surface area (Å²) in [7, 11) is 1.67. The molecular formula is C16H17NO4. The number of aromatic hydroxyl groups is 1. The van der Waals surface area contributed by atoms with Gasteiger partial charge in [0.15, 0.2) is 11.5 Å². The van der Waals surface area contributed by atoms with Crippen molar-refractivity contribution in [1.82, 2.24) is 0 Å². The van der Waals surface area contributed by atoms with Crippen molar-refractivity contribution in [2.45, 2.75) is 13.2 Å². The van der Waals surface area contributed by atoms with E-state index in [4.69, 9.17) is 14.2 Å². The number of phenolic OH excluding ortho intramolecular Hbond substituents is 1. The van der Waals surface area contributed by atoms with Crippen LogP contribution in [0.3, 0.4) is 0 Å². The number of ether oxygens (including phenoxy) is 3. The lowest BCUT2D eigenvalue weighted by molar-refractivity contribution is 0.174. The first-order chi connectivity index (χ1) is 10.3. The third-order valence-corrected chi connectivity index (χ3v) is 3.29. The van der Waals surface area contributed by atoms with Crippen LogP contribution in [0.2, 0.25) is 0 Å². The predicted octanol–water partition coefficient (Wildman–Crippen LogP) is 2.88. The maximum absolute atomic E-state index is 10.00. The monoisotopic (exact) mass is 287 g/mol. The van der Waals surface area contributed by atoms with E-state index in [9.17, 15) is 5.11 Å². The minimum absolute atomic E-state index is 0.194. The molecule has 21 heavy (non-hydrogen) atoms. The summed E-state index contributed by atoms with van der Waals surface area (Å²) in [5, 5.41) is 13.3. The molecule has 2 aromatic carbocycles. The van der Waals surface area contributed by atoms with E-state index >= 15 is 0 Å². The summed E-state index contributed by atoms with van der Waals surface area (Å²) < 4.78 is 15.7. The Morgan fingerprint density at radius 2 is 2.00 bits per heavy atom. The molecule has 5 heteroatoms. The van der Waals surface area contributed by atoms with Gasteiger partial charge in [0, 0.05) is 31.0 Å². The lowest BCUT2D eigenvalue weighted by Crippen LogP contribution is -2.00. The van der Waals surface area contributed by atoms with Gasteiger partial charge in [-0.3, -0.25) is 0 Å². The maximum Gasteiger partial charge on any atom is 0.231 e. The van der Waals surface area contributed by atoms with Gasteiger partial charge in [-0.2, -0.15) is 0 Å². The van der Waals surface area contributed by atoms with Gasteiger partial charge in [0.1, 0.15) is 5.75 Å². The molecule has 1 aliphatic heterocycles. The molecule has 0 amide bonds. The number of nitrogens with one attached hydrogen (secondary N) is 1. The molecule has 0 fully saturated rings. The van der Waals surface area contributed by atoms with Crippen LogP contribution in [0.25, 0.3) is 0 Å². The highest BCUT2D eigenvalue weighted by atomic mass is 16.7.